The molecule has 1 unspecified atom stereocenters. The van der Waals surface area contributed by atoms with Gasteiger partial charge in [0.15, 0.2) is 5.60 Å². The fourth-order valence-electron chi connectivity index (χ4n) is 0.790. The number of carboxylic acids is 1. The van der Waals surface area contributed by atoms with E-state index in [1.54, 1.807) is 13.8 Å². The lowest BCUT2D eigenvalue weighted by molar-refractivity contribution is -0.163. The zero-order valence-corrected chi connectivity index (χ0v) is 6.87. The van der Waals surface area contributed by atoms with Crippen molar-refractivity contribution in [3.63, 3.8) is 0 Å². The van der Waals surface area contributed by atoms with Crippen LogP contribution in [0.5, 0.6) is 0 Å². The molecule has 11 heavy (non-hydrogen) atoms. The number of carbonyl (C=O) groups is 1. The van der Waals surface area contributed by atoms with E-state index in [0.717, 1.165) is 0 Å². The van der Waals surface area contributed by atoms with Crippen LogP contribution in [0.3, 0.4) is 0 Å². The second kappa shape index (κ2) is 3.53. The van der Waals surface area contributed by atoms with Crippen LogP contribution in [0, 0.1) is 5.92 Å². The van der Waals surface area contributed by atoms with Gasteiger partial charge in [0.1, 0.15) is 0 Å². The SMILES string of the molecule is C=CCC(O)(C(=O)O)C(C)C. The van der Waals surface area contributed by atoms with E-state index < -0.39 is 11.6 Å². The molecule has 0 aliphatic heterocycles. The molecule has 0 heterocycles. The lowest BCUT2D eigenvalue weighted by Crippen LogP contribution is -2.43. The number of aliphatic carboxylic acids is 1. The van der Waals surface area contributed by atoms with Gasteiger partial charge in [0.2, 0.25) is 0 Å². The van der Waals surface area contributed by atoms with E-state index in [2.05, 4.69) is 6.58 Å². The van der Waals surface area contributed by atoms with E-state index in [9.17, 15) is 9.90 Å². The number of aliphatic hydroxyl groups is 1. The van der Waals surface area contributed by atoms with Crippen molar-refractivity contribution in [1.29, 1.82) is 0 Å². The van der Waals surface area contributed by atoms with Gasteiger partial charge >= 0.3 is 5.97 Å². The highest BCUT2D eigenvalue weighted by Gasteiger charge is 2.37. The molecular weight excluding hydrogens is 144 g/mol. The Morgan fingerprint density at radius 2 is 2.18 bits per heavy atom. The monoisotopic (exact) mass is 158 g/mol. The van der Waals surface area contributed by atoms with E-state index >= 15 is 0 Å². The highest BCUT2D eigenvalue weighted by molar-refractivity contribution is 5.77. The maximum absolute atomic E-state index is 10.6. The Balaban J connectivity index is 4.51. The molecule has 2 N–H and O–H groups in total. The van der Waals surface area contributed by atoms with Crippen molar-refractivity contribution >= 4 is 5.97 Å². The molecule has 64 valence electrons. The zero-order chi connectivity index (χ0) is 9.07. The summed E-state index contributed by atoms with van der Waals surface area (Å²) in [6, 6.07) is 0. The lowest BCUT2D eigenvalue weighted by atomic mass is 9.87. The Labute approximate surface area is 66.4 Å². The second-order valence-corrected chi connectivity index (χ2v) is 2.88. The van der Waals surface area contributed by atoms with Crippen LogP contribution < -0.4 is 0 Å². The molecule has 0 spiro atoms. The predicted octanol–water partition coefficient (Wildman–Crippen LogP) is 1.03. The predicted molar refractivity (Wildman–Crippen MR) is 42.2 cm³/mol. The first-order valence-corrected chi connectivity index (χ1v) is 3.51. The van der Waals surface area contributed by atoms with Crippen LogP contribution in [0.2, 0.25) is 0 Å². The summed E-state index contributed by atoms with van der Waals surface area (Å²) in [6.45, 7) is 6.72. The van der Waals surface area contributed by atoms with Gasteiger partial charge in [-0.25, -0.2) is 4.79 Å². The Morgan fingerprint density at radius 3 is 2.27 bits per heavy atom. The summed E-state index contributed by atoms with van der Waals surface area (Å²) in [5, 5.41) is 18.1. The highest BCUT2D eigenvalue weighted by Crippen LogP contribution is 2.21. The van der Waals surface area contributed by atoms with E-state index in [4.69, 9.17) is 5.11 Å². The molecule has 0 aromatic heterocycles. The van der Waals surface area contributed by atoms with Gasteiger partial charge in [-0.1, -0.05) is 19.9 Å². The average molecular weight is 158 g/mol. The van der Waals surface area contributed by atoms with Gasteiger partial charge in [-0.3, -0.25) is 0 Å². The molecule has 0 amide bonds. The highest BCUT2D eigenvalue weighted by atomic mass is 16.4. The van der Waals surface area contributed by atoms with Crippen molar-refractivity contribution in [3.05, 3.63) is 12.7 Å². The van der Waals surface area contributed by atoms with Crippen LogP contribution in [-0.2, 0) is 4.79 Å². The third-order valence-corrected chi connectivity index (χ3v) is 1.78. The first-order chi connectivity index (χ1) is 4.95. The van der Waals surface area contributed by atoms with Gasteiger partial charge in [0, 0.05) is 6.42 Å². The van der Waals surface area contributed by atoms with Crippen LogP contribution >= 0.6 is 0 Å². The van der Waals surface area contributed by atoms with Crippen LogP contribution in [0.25, 0.3) is 0 Å². The number of hydrogen-bond donors (Lipinski definition) is 2. The summed E-state index contributed by atoms with van der Waals surface area (Å²) in [6.07, 6.45) is 1.49. The van der Waals surface area contributed by atoms with Crippen LogP contribution in [0.15, 0.2) is 12.7 Å². The smallest absolute Gasteiger partial charge is 0.336 e. The fourth-order valence-corrected chi connectivity index (χ4v) is 0.790. The summed E-state index contributed by atoms with van der Waals surface area (Å²) in [4.78, 5) is 10.6. The van der Waals surface area contributed by atoms with Gasteiger partial charge in [0.05, 0.1) is 0 Å². The molecule has 0 rings (SSSR count). The number of hydrogen-bond acceptors (Lipinski definition) is 2. The molecule has 0 aromatic rings. The topological polar surface area (TPSA) is 57.5 Å². The molecule has 3 heteroatoms. The maximum atomic E-state index is 10.6. The van der Waals surface area contributed by atoms with Gasteiger partial charge in [-0.15, -0.1) is 6.58 Å². The van der Waals surface area contributed by atoms with Crippen molar-refractivity contribution in [2.75, 3.05) is 0 Å². The van der Waals surface area contributed by atoms with Gasteiger partial charge in [-0.05, 0) is 5.92 Å². The first-order valence-electron chi connectivity index (χ1n) is 3.51. The van der Waals surface area contributed by atoms with Gasteiger partial charge < -0.3 is 10.2 Å². The van der Waals surface area contributed by atoms with Gasteiger partial charge in [0.25, 0.3) is 0 Å². The van der Waals surface area contributed by atoms with E-state index in [1.165, 1.54) is 6.08 Å². The van der Waals surface area contributed by atoms with Crippen molar-refractivity contribution in [2.24, 2.45) is 5.92 Å². The van der Waals surface area contributed by atoms with Crippen molar-refractivity contribution in [2.45, 2.75) is 25.9 Å². The third-order valence-electron chi connectivity index (χ3n) is 1.78. The normalized spacial score (nSPS) is 16.0. The molecule has 1 atom stereocenters. The Kier molecular flexibility index (Phi) is 3.26. The molecule has 0 fully saturated rings. The molecule has 0 aliphatic rings. The minimum Gasteiger partial charge on any atom is -0.479 e. The van der Waals surface area contributed by atoms with E-state index in [-0.39, 0.29) is 12.3 Å². The quantitative estimate of drug-likeness (QED) is 0.601. The maximum Gasteiger partial charge on any atom is 0.336 e. The molecule has 0 bridgehead atoms. The minimum atomic E-state index is -1.65. The third kappa shape index (κ3) is 2.05. The van der Waals surface area contributed by atoms with Crippen molar-refractivity contribution in [1.82, 2.24) is 0 Å². The molecule has 3 nitrogen and oxygen atoms in total. The summed E-state index contributed by atoms with van der Waals surface area (Å²) in [5.74, 6) is -1.50. The summed E-state index contributed by atoms with van der Waals surface area (Å²) < 4.78 is 0. The van der Waals surface area contributed by atoms with Crippen LogP contribution in [0.4, 0.5) is 0 Å². The average Bonchev–Trinajstić information content (AvgIpc) is 1.87. The van der Waals surface area contributed by atoms with E-state index in [1.807, 2.05) is 0 Å². The zero-order valence-electron chi connectivity index (χ0n) is 6.87. The first kappa shape index (κ1) is 10.2. The number of carboxylic acid groups (broad SMARTS) is 1. The summed E-state index contributed by atoms with van der Waals surface area (Å²) in [7, 11) is 0. The number of rotatable bonds is 4. The Hall–Kier alpha value is -0.830. The van der Waals surface area contributed by atoms with E-state index in [0.29, 0.717) is 0 Å². The molecule has 0 saturated heterocycles. The molecule has 0 radical (unpaired) electrons. The van der Waals surface area contributed by atoms with Crippen LogP contribution in [-0.4, -0.2) is 21.8 Å². The van der Waals surface area contributed by atoms with Crippen LogP contribution in [0.1, 0.15) is 20.3 Å². The summed E-state index contributed by atoms with van der Waals surface area (Å²) in [5.41, 5.74) is -1.65. The van der Waals surface area contributed by atoms with Gasteiger partial charge in [-0.2, -0.15) is 0 Å². The lowest BCUT2D eigenvalue weighted by Gasteiger charge is -2.25. The molecule has 0 saturated carbocycles. The second-order valence-electron chi connectivity index (χ2n) is 2.88. The minimum absolute atomic E-state index is 0.0833. The molecular formula is C8H14O3. The standard InChI is InChI=1S/C8H14O3/c1-4-5-8(11,6(2)3)7(9)10/h4,6,11H,1,5H2,2-3H3,(H,9,10). The molecule has 0 aliphatic carbocycles. The molecule has 0 aromatic carbocycles. The summed E-state index contributed by atoms with van der Waals surface area (Å²) >= 11 is 0. The van der Waals surface area contributed by atoms with Crippen molar-refractivity contribution in [3.8, 4) is 0 Å². The Morgan fingerprint density at radius 1 is 1.73 bits per heavy atom. The fraction of sp³-hybridized carbons (Fsp3) is 0.625. The Bertz CT molecular complexity index is 163. The van der Waals surface area contributed by atoms with Crippen molar-refractivity contribution < 1.29 is 15.0 Å². The largest absolute Gasteiger partial charge is 0.479 e.